The molecule has 3 heterocycles. The van der Waals surface area contributed by atoms with Crippen LogP contribution in [0.3, 0.4) is 0 Å². The van der Waals surface area contributed by atoms with Crippen LogP contribution < -0.4 is 10.6 Å². The Balaban J connectivity index is 1.50. The number of nitro benzene ring substituents is 1. The van der Waals surface area contributed by atoms with Gasteiger partial charge in [-0.2, -0.15) is 5.10 Å². The molecule has 1 atom stereocenters. The highest BCUT2D eigenvalue weighted by molar-refractivity contribution is 5.95. The Hall–Kier alpha value is -4.67. The lowest BCUT2D eigenvalue weighted by atomic mass is 10.1. The number of carbonyl (C=O) groups is 1. The minimum Gasteiger partial charge on any atom is -0.371 e. The van der Waals surface area contributed by atoms with E-state index in [-0.39, 0.29) is 23.8 Å². The number of pyridine rings is 2. The Morgan fingerprint density at radius 2 is 2.00 bits per heavy atom. The molecule has 0 aliphatic carbocycles. The van der Waals surface area contributed by atoms with Crippen molar-refractivity contribution in [2.45, 2.75) is 19.5 Å². The first-order valence-corrected chi connectivity index (χ1v) is 10.1. The zero-order valence-corrected chi connectivity index (χ0v) is 17.6. The summed E-state index contributed by atoms with van der Waals surface area (Å²) in [5, 5.41) is 21.6. The molecule has 33 heavy (non-hydrogen) atoms. The second-order valence-corrected chi connectivity index (χ2v) is 7.12. The third-order valence-electron chi connectivity index (χ3n) is 4.90. The molecule has 0 fully saturated rings. The Morgan fingerprint density at radius 3 is 2.73 bits per heavy atom. The van der Waals surface area contributed by atoms with Crippen LogP contribution in [0.25, 0.3) is 5.82 Å². The molecule has 0 bridgehead atoms. The van der Waals surface area contributed by atoms with Gasteiger partial charge in [-0.3, -0.25) is 19.9 Å². The maximum absolute atomic E-state index is 12.7. The second-order valence-electron chi connectivity index (χ2n) is 7.12. The van der Waals surface area contributed by atoms with Crippen LogP contribution in [0.15, 0.2) is 73.6 Å². The van der Waals surface area contributed by atoms with Crippen LogP contribution in [0.4, 0.5) is 11.4 Å². The van der Waals surface area contributed by atoms with E-state index in [0.717, 1.165) is 5.69 Å². The first-order chi connectivity index (χ1) is 16.0. The lowest BCUT2D eigenvalue weighted by molar-refractivity contribution is -0.384. The summed E-state index contributed by atoms with van der Waals surface area (Å²) in [5.41, 5.74) is 1.73. The summed E-state index contributed by atoms with van der Waals surface area (Å²) >= 11 is 0. The SMILES string of the molecule is CC(Nc1ccc(C(=O)NCc2cccnc2-n2cncn2)cc1[N+](=O)[O-])c1ccccn1. The summed E-state index contributed by atoms with van der Waals surface area (Å²) in [5.74, 6) is 0.0835. The quantitative estimate of drug-likeness (QED) is 0.312. The number of anilines is 1. The molecular weight excluding hydrogens is 424 g/mol. The number of hydrogen-bond donors (Lipinski definition) is 2. The second kappa shape index (κ2) is 9.64. The van der Waals surface area contributed by atoms with Gasteiger partial charge in [0.2, 0.25) is 0 Å². The van der Waals surface area contributed by atoms with Crippen LogP contribution in [0, 0.1) is 10.1 Å². The molecule has 3 aromatic heterocycles. The fraction of sp³-hybridized carbons (Fsp3) is 0.136. The highest BCUT2D eigenvalue weighted by atomic mass is 16.6. The number of amides is 1. The normalized spacial score (nSPS) is 11.5. The zero-order chi connectivity index (χ0) is 23.2. The lowest BCUT2D eigenvalue weighted by Gasteiger charge is -2.15. The smallest absolute Gasteiger partial charge is 0.293 e. The molecule has 0 aliphatic rings. The molecule has 0 aliphatic heterocycles. The van der Waals surface area contributed by atoms with E-state index in [4.69, 9.17) is 0 Å². The van der Waals surface area contributed by atoms with Crippen LogP contribution in [0.1, 0.15) is 34.6 Å². The third-order valence-corrected chi connectivity index (χ3v) is 4.90. The number of aromatic nitrogens is 5. The summed E-state index contributed by atoms with van der Waals surface area (Å²) < 4.78 is 1.50. The van der Waals surface area contributed by atoms with Gasteiger partial charge in [-0.25, -0.2) is 14.6 Å². The number of nitrogens with zero attached hydrogens (tertiary/aromatic N) is 6. The number of rotatable bonds is 8. The van der Waals surface area contributed by atoms with Crippen LogP contribution in [-0.4, -0.2) is 35.6 Å². The van der Waals surface area contributed by atoms with Crippen molar-refractivity contribution in [3.8, 4) is 5.82 Å². The molecule has 1 unspecified atom stereocenters. The average Bonchev–Trinajstić information content (AvgIpc) is 3.38. The van der Waals surface area contributed by atoms with Gasteiger partial charge in [-0.15, -0.1) is 0 Å². The maximum atomic E-state index is 12.7. The summed E-state index contributed by atoms with van der Waals surface area (Å²) in [7, 11) is 0. The average molecular weight is 444 g/mol. The minimum atomic E-state index is -0.520. The Morgan fingerprint density at radius 1 is 1.15 bits per heavy atom. The number of hydrogen-bond acceptors (Lipinski definition) is 8. The number of nitrogens with one attached hydrogen (secondary N) is 2. The molecule has 11 heteroatoms. The van der Waals surface area contributed by atoms with Gasteiger partial charge in [-0.05, 0) is 37.3 Å². The van der Waals surface area contributed by atoms with Crippen LogP contribution in [0.2, 0.25) is 0 Å². The fourth-order valence-electron chi connectivity index (χ4n) is 3.25. The number of benzene rings is 1. The Bertz CT molecular complexity index is 1260. The maximum Gasteiger partial charge on any atom is 0.293 e. The summed E-state index contributed by atoms with van der Waals surface area (Å²) in [6.07, 6.45) is 6.17. The van der Waals surface area contributed by atoms with Crippen molar-refractivity contribution in [2.24, 2.45) is 0 Å². The van der Waals surface area contributed by atoms with Crippen molar-refractivity contribution in [3.05, 3.63) is 101 Å². The summed E-state index contributed by atoms with van der Waals surface area (Å²) in [4.78, 5) is 36.3. The molecular formula is C22H20N8O3. The molecule has 0 spiro atoms. The molecule has 4 aromatic rings. The van der Waals surface area contributed by atoms with Gasteiger partial charge in [0.05, 0.1) is 16.7 Å². The first-order valence-electron chi connectivity index (χ1n) is 10.1. The van der Waals surface area contributed by atoms with Crippen molar-refractivity contribution in [3.63, 3.8) is 0 Å². The first kappa shape index (κ1) is 21.6. The summed E-state index contributed by atoms with van der Waals surface area (Å²) in [6.45, 7) is 2.01. The van der Waals surface area contributed by atoms with E-state index in [2.05, 4.69) is 30.7 Å². The van der Waals surface area contributed by atoms with Gasteiger partial charge in [0, 0.05) is 36.1 Å². The highest BCUT2D eigenvalue weighted by Gasteiger charge is 2.20. The van der Waals surface area contributed by atoms with Crippen molar-refractivity contribution in [1.82, 2.24) is 30.0 Å². The topological polar surface area (TPSA) is 141 Å². The molecule has 4 rings (SSSR count). The largest absolute Gasteiger partial charge is 0.371 e. The third kappa shape index (κ3) is 4.98. The van der Waals surface area contributed by atoms with Gasteiger partial charge < -0.3 is 10.6 Å². The standard InChI is InChI=1S/C22H20N8O3/c1-15(18-6-2-3-9-24-18)28-19-8-7-16(11-20(19)30(32)33)22(31)26-12-17-5-4-10-25-21(17)29-14-23-13-27-29/h2-11,13-15,28H,12H2,1H3,(H,26,31). The lowest BCUT2D eigenvalue weighted by Crippen LogP contribution is -2.24. The van der Waals surface area contributed by atoms with Gasteiger partial charge in [0.1, 0.15) is 18.3 Å². The molecule has 166 valence electrons. The molecule has 0 saturated carbocycles. The fourth-order valence-corrected chi connectivity index (χ4v) is 3.25. The monoisotopic (exact) mass is 444 g/mol. The van der Waals surface area contributed by atoms with E-state index in [1.807, 2.05) is 19.1 Å². The molecule has 1 amide bonds. The molecule has 11 nitrogen and oxygen atoms in total. The Kier molecular flexibility index (Phi) is 6.30. The van der Waals surface area contributed by atoms with E-state index in [1.165, 1.54) is 35.5 Å². The predicted molar refractivity (Wildman–Crippen MR) is 120 cm³/mol. The molecule has 2 N–H and O–H groups in total. The molecule has 1 aromatic carbocycles. The highest BCUT2D eigenvalue weighted by Crippen LogP contribution is 2.29. The summed E-state index contributed by atoms with van der Waals surface area (Å²) in [6, 6.07) is 13.1. The van der Waals surface area contributed by atoms with E-state index in [9.17, 15) is 14.9 Å². The van der Waals surface area contributed by atoms with Gasteiger partial charge >= 0.3 is 0 Å². The van der Waals surface area contributed by atoms with E-state index < -0.39 is 10.8 Å². The van der Waals surface area contributed by atoms with Crippen LogP contribution >= 0.6 is 0 Å². The van der Waals surface area contributed by atoms with E-state index in [1.54, 1.807) is 30.6 Å². The molecule has 0 radical (unpaired) electrons. The Labute approximate surface area is 188 Å². The van der Waals surface area contributed by atoms with Crippen LogP contribution in [0.5, 0.6) is 0 Å². The van der Waals surface area contributed by atoms with Crippen molar-refractivity contribution in [1.29, 1.82) is 0 Å². The zero-order valence-electron chi connectivity index (χ0n) is 17.6. The van der Waals surface area contributed by atoms with Crippen LogP contribution in [-0.2, 0) is 6.54 Å². The van der Waals surface area contributed by atoms with Crippen molar-refractivity contribution >= 4 is 17.3 Å². The molecule has 0 saturated heterocycles. The van der Waals surface area contributed by atoms with E-state index >= 15 is 0 Å². The predicted octanol–water partition coefficient (Wildman–Crippen LogP) is 3.07. The van der Waals surface area contributed by atoms with Gasteiger partial charge in [0.25, 0.3) is 11.6 Å². The van der Waals surface area contributed by atoms with E-state index in [0.29, 0.717) is 17.1 Å². The van der Waals surface area contributed by atoms with Crippen molar-refractivity contribution < 1.29 is 9.72 Å². The number of carbonyl (C=O) groups excluding carboxylic acids is 1. The number of nitro groups is 1. The van der Waals surface area contributed by atoms with Gasteiger partial charge in [0.15, 0.2) is 5.82 Å². The van der Waals surface area contributed by atoms with Gasteiger partial charge in [-0.1, -0.05) is 12.1 Å². The van der Waals surface area contributed by atoms with Crippen molar-refractivity contribution in [2.75, 3.05) is 5.32 Å². The minimum absolute atomic E-state index is 0.159.